The largest absolute Gasteiger partial charge is 0.493 e. The van der Waals surface area contributed by atoms with E-state index >= 15 is 0 Å². The number of rotatable bonds is 12. The number of aromatic nitrogens is 3. The standard InChI is InChI=1S/C35H40N4O5/c1-3-43-35(41)34-27(14-8-20-44-31-15-6-10-24-9-4-5-11-25(24)31)26-12-7-13-28(33(26)36-34)32-29(37-38(2)30(32)23-40)16-17-39-18-21-42-22-19-39/h4-7,9-13,15,36,40H,3,8,14,16-23H2,1-2H3. The summed E-state index contributed by atoms with van der Waals surface area (Å²) in [7, 11) is 1.87. The van der Waals surface area contributed by atoms with Crippen LogP contribution in [0.15, 0.2) is 60.7 Å². The number of hydrogen-bond acceptors (Lipinski definition) is 7. The molecule has 0 aliphatic carbocycles. The molecule has 3 aromatic carbocycles. The molecule has 0 spiro atoms. The molecule has 6 rings (SSSR count). The van der Waals surface area contributed by atoms with Crippen molar-refractivity contribution in [1.82, 2.24) is 19.7 Å². The van der Waals surface area contributed by atoms with Crippen LogP contribution in [0.1, 0.15) is 40.8 Å². The second-order valence-corrected chi connectivity index (χ2v) is 11.1. The topological polar surface area (TPSA) is 102 Å². The summed E-state index contributed by atoms with van der Waals surface area (Å²) in [5, 5.41) is 18.4. The zero-order valence-corrected chi connectivity index (χ0v) is 25.5. The van der Waals surface area contributed by atoms with Crippen molar-refractivity contribution in [2.24, 2.45) is 7.05 Å². The summed E-state index contributed by atoms with van der Waals surface area (Å²) in [6.45, 7) is 6.60. The molecule has 0 saturated carbocycles. The number of morpholine rings is 1. The molecule has 0 bridgehead atoms. The highest BCUT2D eigenvalue weighted by Crippen LogP contribution is 2.37. The maximum absolute atomic E-state index is 13.2. The molecule has 2 N–H and O–H groups in total. The van der Waals surface area contributed by atoms with Crippen LogP contribution in [0.4, 0.5) is 0 Å². The fourth-order valence-corrected chi connectivity index (χ4v) is 6.25. The van der Waals surface area contributed by atoms with E-state index in [-0.39, 0.29) is 19.2 Å². The van der Waals surface area contributed by atoms with Crippen molar-refractivity contribution in [2.75, 3.05) is 46.1 Å². The van der Waals surface area contributed by atoms with Crippen molar-refractivity contribution in [2.45, 2.75) is 32.8 Å². The average molecular weight is 597 g/mol. The summed E-state index contributed by atoms with van der Waals surface area (Å²) >= 11 is 0. The van der Waals surface area contributed by atoms with Crippen LogP contribution in [0.3, 0.4) is 0 Å². The fourth-order valence-electron chi connectivity index (χ4n) is 6.25. The Kier molecular flexibility index (Phi) is 9.26. The Morgan fingerprint density at radius 3 is 2.61 bits per heavy atom. The minimum Gasteiger partial charge on any atom is -0.493 e. The third-order valence-electron chi connectivity index (χ3n) is 8.43. The number of ether oxygens (including phenoxy) is 3. The van der Waals surface area contributed by atoms with Crippen LogP contribution >= 0.6 is 0 Å². The lowest BCUT2D eigenvalue weighted by atomic mass is 9.97. The van der Waals surface area contributed by atoms with E-state index in [2.05, 4.69) is 28.1 Å². The van der Waals surface area contributed by atoms with Gasteiger partial charge < -0.3 is 24.3 Å². The molecule has 3 heterocycles. The Balaban J connectivity index is 1.31. The number of carbonyl (C=O) groups is 1. The third-order valence-corrected chi connectivity index (χ3v) is 8.43. The van der Waals surface area contributed by atoms with Crippen LogP contribution < -0.4 is 4.74 Å². The van der Waals surface area contributed by atoms with Gasteiger partial charge in [0.15, 0.2) is 0 Å². The fraction of sp³-hybridized carbons (Fsp3) is 0.371. The predicted molar refractivity (Wildman–Crippen MR) is 171 cm³/mol. The first-order chi connectivity index (χ1) is 21.6. The molecule has 0 amide bonds. The van der Waals surface area contributed by atoms with Gasteiger partial charge in [0, 0.05) is 55.0 Å². The van der Waals surface area contributed by atoms with Crippen molar-refractivity contribution >= 4 is 27.6 Å². The van der Waals surface area contributed by atoms with Crippen LogP contribution in [-0.4, -0.2) is 76.8 Å². The minimum atomic E-state index is -0.374. The number of hydrogen-bond donors (Lipinski definition) is 2. The van der Waals surface area contributed by atoms with Gasteiger partial charge in [0.2, 0.25) is 0 Å². The zero-order chi connectivity index (χ0) is 30.5. The minimum absolute atomic E-state index is 0.142. The zero-order valence-electron chi connectivity index (χ0n) is 25.5. The maximum atomic E-state index is 13.2. The number of para-hydroxylation sites is 1. The quantitative estimate of drug-likeness (QED) is 0.149. The first kappa shape index (κ1) is 29.9. The molecule has 5 aromatic rings. The Morgan fingerprint density at radius 2 is 1.80 bits per heavy atom. The first-order valence-corrected chi connectivity index (χ1v) is 15.5. The second kappa shape index (κ2) is 13.6. The lowest BCUT2D eigenvalue weighted by Gasteiger charge is -2.26. The number of aliphatic hydroxyl groups is 1. The summed E-state index contributed by atoms with van der Waals surface area (Å²) in [6, 6.07) is 20.4. The van der Waals surface area contributed by atoms with E-state index in [0.29, 0.717) is 25.1 Å². The SMILES string of the molecule is CCOC(=O)c1[nH]c2c(-c3c(CCN4CCOCC4)nn(C)c3CO)cccc2c1CCCOc1cccc2ccccc12. The highest BCUT2D eigenvalue weighted by molar-refractivity contribution is 6.04. The van der Waals surface area contributed by atoms with Crippen molar-refractivity contribution in [3.63, 3.8) is 0 Å². The molecule has 9 heteroatoms. The molecule has 9 nitrogen and oxygen atoms in total. The number of nitrogens with one attached hydrogen (secondary N) is 1. The van der Waals surface area contributed by atoms with Crippen LogP contribution in [-0.2, 0) is 36.0 Å². The number of esters is 1. The number of H-pyrrole nitrogens is 1. The number of aryl methyl sites for hydroxylation is 2. The maximum Gasteiger partial charge on any atom is 0.355 e. The van der Waals surface area contributed by atoms with E-state index in [0.717, 1.165) is 94.8 Å². The molecule has 2 aromatic heterocycles. The number of aliphatic hydroxyl groups excluding tert-OH is 1. The highest BCUT2D eigenvalue weighted by Gasteiger charge is 2.25. The van der Waals surface area contributed by atoms with Crippen LogP contribution in [0.5, 0.6) is 5.75 Å². The monoisotopic (exact) mass is 596 g/mol. The number of fused-ring (bicyclic) bond motifs is 2. The summed E-state index contributed by atoms with van der Waals surface area (Å²) in [6.07, 6.45) is 2.09. The Labute approximate surface area is 257 Å². The van der Waals surface area contributed by atoms with Gasteiger partial charge in [0.05, 0.1) is 49.9 Å². The second-order valence-electron chi connectivity index (χ2n) is 11.1. The van der Waals surface area contributed by atoms with Gasteiger partial charge in [-0.15, -0.1) is 0 Å². The van der Waals surface area contributed by atoms with Gasteiger partial charge in [-0.2, -0.15) is 5.10 Å². The van der Waals surface area contributed by atoms with Gasteiger partial charge in [-0.25, -0.2) is 4.79 Å². The van der Waals surface area contributed by atoms with Crippen LogP contribution in [0, 0.1) is 0 Å². The predicted octanol–water partition coefficient (Wildman–Crippen LogP) is 5.28. The van der Waals surface area contributed by atoms with Gasteiger partial charge >= 0.3 is 5.97 Å². The molecule has 1 saturated heterocycles. The van der Waals surface area contributed by atoms with E-state index in [4.69, 9.17) is 19.3 Å². The molecule has 1 aliphatic heterocycles. The van der Waals surface area contributed by atoms with Crippen molar-refractivity contribution in [1.29, 1.82) is 0 Å². The average Bonchev–Trinajstić information content (AvgIpc) is 3.59. The van der Waals surface area contributed by atoms with E-state index in [1.54, 1.807) is 4.68 Å². The Hall–Kier alpha value is -4.18. The Bertz CT molecular complexity index is 1750. The number of aromatic amines is 1. The number of nitrogens with zero attached hydrogens (tertiary/aromatic N) is 3. The van der Waals surface area contributed by atoms with Crippen molar-refractivity contribution < 1.29 is 24.1 Å². The van der Waals surface area contributed by atoms with Gasteiger partial charge in [-0.1, -0.05) is 54.6 Å². The summed E-state index contributed by atoms with van der Waals surface area (Å²) < 4.78 is 19.0. The summed E-state index contributed by atoms with van der Waals surface area (Å²) in [4.78, 5) is 19.0. The van der Waals surface area contributed by atoms with Crippen molar-refractivity contribution in [3.8, 4) is 16.9 Å². The van der Waals surface area contributed by atoms with Gasteiger partial charge in [0.1, 0.15) is 11.4 Å². The summed E-state index contributed by atoms with van der Waals surface area (Å²) in [5.41, 5.74) is 5.71. The van der Waals surface area contributed by atoms with E-state index in [1.807, 2.05) is 56.4 Å². The lowest BCUT2D eigenvalue weighted by molar-refractivity contribution is 0.0383. The molecule has 0 unspecified atom stereocenters. The number of benzene rings is 3. The first-order valence-electron chi connectivity index (χ1n) is 15.5. The Morgan fingerprint density at radius 1 is 1.02 bits per heavy atom. The number of carbonyl (C=O) groups excluding carboxylic acids is 1. The van der Waals surface area contributed by atoms with Gasteiger partial charge in [-0.3, -0.25) is 9.58 Å². The van der Waals surface area contributed by atoms with Crippen LogP contribution in [0.25, 0.3) is 32.8 Å². The van der Waals surface area contributed by atoms with E-state index in [9.17, 15) is 9.90 Å². The molecule has 1 aliphatic rings. The normalized spacial score (nSPS) is 14.0. The molecular weight excluding hydrogens is 556 g/mol. The molecule has 0 atom stereocenters. The van der Waals surface area contributed by atoms with E-state index < -0.39 is 0 Å². The van der Waals surface area contributed by atoms with E-state index in [1.165, 1.54) is 0 Å². The van der Waals surface area contributed by atoms with Crippen molar-refractivity contribution in [3.05, 3.63) is 83.3 Å². The molecule has 1 fully saturated rings. The molecule has 230 valence electrons. The van der Waals surface area contributed by atoms with Gasteiger partial charge in [0.25, 0.3) is 0 Å². The van der Waals surface area contributed by atoms with Gasteiger partial charge in [-0.05, 0) is 36.8 Å². The molecular formula is C35H40N4O5. The van der Waals surface area contributed by atoms with Crippen LogP contribution in [0.2, 0.25) is 0 Å². The lowest BCUT2D eigenvalue weighted by Crippen LogP contribution is -2.37. The highest BCUT2D eigenvalue weighted by atomic mass is 16.5. The summed E-state index contributed by atoms with van der Waals surface area (Å²) in [5.74, 6) is 0.480. The molecule has 44 heavy (non-hydrogen) atoms. The smallest absolute Gasteiger partial charge is 0.355 e. The molecule has 0 radical (unpaired) electrons. The third kappa shape index (κ3) is 6.08.